The Balaban J connectivity index is 2.57. The Morgan fingerprint density at radius 2 is 2.15 bits per heavy atom. The summed E-state index contributed by atoms with van der Waals surface area (Å²) in [6.07, 6.45) is 1.94. The first-order valence-corrected chi connectivity index (χ1v) is 6.49. The number of carbonyl (C=O) groups excluding carboxylic acids is 1. The van der Waals surface area contributed by atoms with Crippen molar-refractivity contribution < 1.29 is 9.90 Å². The molecule has 1 rings (SSSR count). The smallest absolute Gasteiger partial charge is 0.263 e. The van der Waals surface area contributed by atoms with Crippen molar-refractivity contribution >= 4 is 5.91 Å². The summed E-state index contributed by atoms with van der Waals surface area (Å²) in [5, 5.41) is 23.2. The lowest BCUT2D eigenvalue weighted by molar-refractivity contribution is -0.117. The lowest BCUT2D eigenvalue weighted by Gasteiger charge is -2.13. The zero-order chi connectivity index (χ0) is 14.8. The SMILES string of the molecule is CC(NC(=O)/C(C#N)=C\NCCCO)c1ccccc1. The monoisotopic (exact) mass is 273 g/mol. The van der Waals surface area contributed by atoms with Crippen molar-refractivity contribution in [2.75, 3.05) is 13.2 Å². The van der Waals surface area contributed by atoms with Crippen LogP contribution in [-0.4, -0.2) is 24.2 Å². The van der Waals surface area contributed by atoms with E-state index in [1.165, 1.54) is 6.20 Å². The standard InChI is InChI=1S/C15H19N3O2/c1-12(13-6-3-2-4-7-13)18-15(20)14(10-16)11-17-8-5-9-19/h2-4,6-7,11-12,17,19H,5,8-9H2,1H3,(H,18,20)/b14-11-. The van der Waals surface area contributed by atoms with Crippen LogP contribution in [0.5, 0.6) is 0 Å². The molecule has 0 fully saturated rings. The van der Waals surface area contributed by atoms with E-state index in [2.05, 4.69) is 10.6 Å². The zero-order valence-electron chi connectivity index (χ0n) is 11.5. The molecule has 1 unspecified atom stereocenters. The highest BCUT2D eigenvalue weighted by molar-refractivity contribution is 5.97. The molecule has 3 N–H and O–H groups in total. The molecule has 0 radical (unpaired) electrons. The second kappa shape index (κ2) is 8.73. The van der Waals surface area contributed by atoms with Gasteiger partial charge >= 0.3 is 0 Å². The molecule has 0 aliphatic heterocycles. The average molecular weight is 273 g/mol. The Bertz CT molecular complexity index is 492. The molecule has 0 spiro atoms. The highest BCUT2D eigenvalue weighted by Crippen LogP contribution is 2.11. The molecule has 1 amide bonds. The van der Waals surface area contributed by atoms with Crippen LogP contribution in [0.3, 0.4) is 0 Å². The number of nitriles is 1. The van der Waals surface area contributed by atoms with Crippen LogP contribution in [0, 0.1) is 11.3 Å². The van der Waals surface area contributed by atoms with E-state index in [9.17, 15) is 4.79 Å². The molecule has 0 aliphatic rings. The predicted molar refractivity (Wildman–Crippen MR) is 76.4 cm³/mol. The van der Waals surface area contributed by atoms with Gasteiger partial charge in [-0.05, 0) is 18.9 Å². The molecule has 5 nitrogen and oxygen atoms in total. The van der Waals surface area contributed by atoms with Gasteiger partial charge in [0, 0.05) is 19.4 Å². The molecule has 106 valence electrons. The molecule has 0 aromatic heterocycles. The maximum absolute atomic E-state index is 11.9. The van der Waals surface area contributed by atoms with Crippen LogP contribution in [0.4, 0.5) is 0 Å². The molecule has 0 saturated carbocycles. The third-order valence-electron chi connectivity index (χ3n) is 2.74. The molecule has 0 heterocycles. The van der Waals surface area contributed by atoms with E-state index in [-0.39, 0.29) is 18.2 Å². The van der Waals surface area contributed by atoms with Crippen molar-refractivity contribution in [1.29, 1.82) is 5.26 Å². The third kappa shape index (κ3) is 5.12. The van der Waals surface area contributed by atoms with Gasteiger partial charge in [0.05, 0.1) is 6.04 Å². The molecule has 1 atom stereocenters. The summed E-state index contributed by atoms with van der Waals surface area (Å²) in [4.78, 5) is 11.9. The molecule has 1 aromatic rings. The lowest BCUT2D eigenvalue weighted by Crippen LogP contribution is -2.28. The Morgan fingerprint density at radius 3 is 2.75 bits per heavy atom. The molecule has 0 bridgehead atoms. The van der Waals surface area contributed by atoms with E-state index in [4.69, 9.17) is 10.4 Å². The number of rotatable bonds is 7. The third-order valence-corrected chi connectivity index (χ3v) is 2.74. The Morgan fingerprint density at radius 1 is 1.45 bits per heavy atom. The van der Waals surface area contributed by atoms with E-state index in [0.717, 1.165) is 5.56 Å². The van der Waals surface area contributed by atoms with Gasteiger partial charge in [0.1, 0.15) is 11.6 Å². The number of amides is 1. The summed E-state index contributed by atoms with van der Waals surface area (Å²) in [6.45, 7) is 2.45. The first-order chi connectivity index (χ1) is 9.69. The molecule has 0 aliphatic carbocycles. The van der Waals surface area contributed by atoms with E-state index in [0.29, 0.717) is 13.0 Å². The number of hydrogen-bond donors (Lipinski definition) is 3. The fourth-order valence-electron chi connectivity index (χ4n) is 1.60. The maximum Gasteiger partial charge on any atom is 0.263 e. The van der Waals surface area contributed by atoms with Crippen LogP contribution >= 0.6 is 0 Å². The topological polar surface area (TPSA) is 85.2 Å². The first kappa shape index (κ1) is 15.7. The number of hydrogen-bond acceptors (Lipinski definition) is 4. The highest BCUT2D eigenvalue weighted by atomic mass is 16.3. The van der Waals surface area contributed by atoms with Crippen molar-refractivity contribution in [2.45, 2.75) is 19.4 Å². The van der Waals surface area contributed by atoms with Crippen LogP contribution < -0.4 is 10.6 Å². The zero-order valence-corrected chi connectivity index (χ0v) is 11.5. The molecular formula is C15H19N3O2. The van der Waals surface area contributed by atoms with E-state index in [1.807, 2.05) is 43.3 Å². The van der Waals surface area contributed by atoms with Gasteiger partial charge in [0.25, 0.3) is 5.91 Å². The van der Waals surface area contributed by atoms with Crippen molar-refractivity contribution in [3.8, 4) is 6.07 Å². The Kier molecular flexibility index (Phi) is 6.87. The van der Waals surface area contributed by atoms with Crippen molar-refractivity contribution in [1.82, 2.24) is 10.6 Å². The Labute approximate surface area is 118 Å². The molecule has 5 heteroatoms. The number of nitrogens with zero attached hydrogens (tertiary/aromatic N) is 1. The fourth-order valence-corrected chi connectivity index (χ4v) is 1.60. The Hall–Kier alpha value is -2.32. The minimum absolute atomic E-state index is 0.0192. The average Bonchev–Trinajstić information content (AvgIpc) is 2.48. The molecular weight excluding hydrogens is 254 g/mol. The minimum atomic E-state index is -0.416. The summed E-state index contributed by atoms with van der Waals surface area (Å²) in [5.41, 5.74) is 0.997. The molecule has 1 aromatic carbocycles. The first-order valence-electron chi connectivity index (χ1n) is 6.49. The minimum Gasteiger partial charge on any atom is -0.396 e. The van der Waals surface area contributed by atoms with Gasteiger partial charge in [-0.2, -0.15) is 5.26 Å². The normalized spacial score (nSPS) is 12.3. The second-order valence-electron chi connectivity index (χ2n) is 4.31. The predicted octanol–water partition coefficient (Wildman–Crippen LogP) is 1.24. The van der Waals surface area contributed by atoms with Gasteiger partial charge in [-0.25, -0.2) is 0 Å². The summed E-state index contributed by atoms with van der Waals surface area (Å²) in [6, 6.07) is 11.2. The van der Waals surface area contributed by atoms with Crippen LogP contribution in [0.1, 0.15) is 24.9 Å². The van der Waals surface area contributed by atoms with E-state index in [1.54, 1.807) is 0 Å². The van der Waals surface area contributed by atoms with Crippen molar-refractivity contribution in [2.24, 2.45) is 0 Å². The largest absolute Gasteiger partial charge is 0.396 e. The number of aliphatic hydroxyl groups excluding tert-OH is 1. The fraction of sp³-hybridized carbons (Fsp3) is 0.333. The van der Waals surface area contributed by atoms with Gasteiger partial charge in [-0.1, -0.05) is 30.3 Å². The second-order valence-corrected chi connectivity index (χ2v) is 4.31. The van der Waals surface area contributed by atoms with Crippen LogP contribution in [0.15, 0.2) is 42.1 Å². The van der Waals surface area contributed by atoms with Gasteiger partial charge in [-0.15, -0.1) is 0 Å². The lowest BCUT2D eigenvalue weighted by atomic mass is 10.1. The van der Waals surface area contributed by atoms with Crippen LogP contribution in [0.2, 0.25) is 0 Å². The van der Waals surface area contributed by atoms with Crippen LogP contribution in [-0.2, 0) is 4.79 Å². The number of aliphatic hydroxyl groups is 1. The number of nitrogens with one attached hydrogen (secondary N) is 2. The molecule has 20 heavy (non-hydrogen) atoms. The van der Waals surface area contributed by atoms with Gasteiger partial charge in [0.15, 0.2) is 0 Å². The summed E-state index contributed by atoms with van der Waals surface area (Å²) in [5.74, 6) is -0.416. The van der Waals surface area contributed by atoms with Gasteiger partial charge in [0.2, 0.25) is 0 Å². The number of carbonyl (C=O) groups is 1. The van der Waals surface area contributed by atoms with Gasteiger partial charge in [-0.3, -0.25) is 4.79 Å². The quantitative estimate of drug-likeness (QED) is 0.396. The highest BCUT2D eigenvalue weighted by Gasteiger charge is 2.13. The van der Waals surface area contributed by atoms with Gasteiger partial charge < -0.3 is 15.7 Å². The number of benzene rings is 1. The summed E-state index contributed by atoms with van der Waals surface area (Å²) < 4.78 is 0. The van der Waals surface area contributed by atoms with E-state index < -0.39 is 5.91 Å². The van der Waals surface area contributed by atoms with Crippen LogP contribution in [0.25, 0.3) is 0 Å². The van der Waals surface area contributed by atoms with Crippen molar-refractivity contribution in [3.63, 3.8) is 0 Å². The summed E-state index contributed by atoms with van der Waals surface area (Å²) in [7, 11) is 0. The van der Waals surface area contributed by atoms with Crippen molar-refractivity contribution in [3.05, 3.63) is 47.7 Å². The van der Waals surface area contributed by atoms with E-state index >= 15 is 0 Å². The molecule has 0 saturated heterocycles. The summed E-state index contributed by atoms with van der Waals surface area (Å²) >= 11 is 0. The maximum atomic E-state index is 11.9.